The number of nitrogens with zero attached hydrogens (tertiary/aromatic N) is 1. The zero-order valence-electron chi connectivity index (χ0n) is 16.1. The van der Waals surface area contributed by atoms with Crippen LogP contribution in [0.1, 0.15) is 23.6 Å². The molecule has 1 atom stereocenters. The molecule has 0 aliphatic rings. The maximum absolute atomic E-state index is 12.8. The van der Waals surface area contributed by atoms with Crippen molar-refractivity contribution in [1.82, 2.24) is 10.2 Å². The summed E-state index contributed by atoms with van der Waals surface area (Å²) in [6.07, 6.45) is 0. The van der Waals surface area contributed by atoms with Crippen molar-refractivity contribution < 1.29 is 14.3 Å². The molecule has 2 aromatic carbocycles. The van der Waals surface area contributed by atoms with Crippen molar-refractivity contribution in [2.75, 3.05) is 13.7 Å². The fraction of sp³-hybridized carbons (Fsp3) is 0.333. The fourth-order valence-electron chi connectivity index (χ4n) is 2.82. The summed E-state index contributed by atoms with van der Waals surface area (Å²) in [5.74, 6) is 0.192. The molecule has 2 amide bonds. The molecule has 5 nitrogen and oxygen atoms in total. The Balaban J connectivity index is 2.14. The highest BCUT2D eigenvalue weighted by Crippen LogP contribution is 2.18. The van der Waals surface area contributed by atoms with Gasteiger partial charge in [-0.05, 0) is 61.7 Å². The van der Waals surface area contributed by atoms with E-state index < -0.39 is 6.04 Å². The Hall–Kier alpha value is -2.34. The number of halogens is 1. The molecule has 0 fully saturated rings. The normalized spacial score (nSPS) is 11.6. The summed E-state index contributed by atoms with van der Waals surface area (Å²) in [5.41, 5.74) is 3.08. The third-order valence-corrected chi connectivity index (χ3v) is 4.77. The molecule has 0 saturated carbocycles. The Bertz CT molecular complexity index is 785. The van der Waals surface area contributed by atoms with E-state index in [1.807, 2.05) is 56.3 Å². The van der Waals surface area contributed by atoms with Gasteiger partial charge in [-0.2, -0.15) is 0 Å². The molecule has 0 aromatic heterocycles. The van der Waals surface area contributed by atoms with Crippen LogP contribution in [0.4, 0.5) is 0 Å². The number of carbonyl (C=O) groups is 2. The first-order valence-corrected chi connectivity index (χ1v) is 9.56. The maximum atomic E-state index is 12.8. The van der Waals surface area contributed by atoms with Crippen molar-refractivity contribution in [3.8, 4) is 5.75 Å². The minimum Gasteiger partial charge on any atom is -0.484 e. The Labute approximate surface area is 168 Å². The lowest BCUT2D eigenvalue weighted by Gasteiger charge is -2.28. The highest BCUT2D eigenvalue weighted by atomic mass is 79.9. The molecule has 0 radical (unpaired) electrons. The summed E-state index contributed by atoms with van der Waals surface area (Å²) in [6.45, 7) is 5.88. The average Bonchev–Trinajstić information content (AvgIpc) is 2.63. The minimum absolute atomic E-state index is 0.124. The Morgan fingerprint density at radius 1 is 1.11 bits per heavy atom. The summed E-state index contributed by atoms with van der Waals surface area (Å²) >= 11 is 3.40. The standard InChI is InChI=1S/C21H25BrN2O3/c1-14-9-15(2)11-19(10-14)27-13-20(25)24(16(3)21(26)23-4)12-17-5-7-18(22)8-6-17/h5-11,16H,12-13H2,1-4H3,(H,23,26)/t16-/m1/s1. The summed E-state index contributed by atoms with van der Waals surface area (Å²) in [6, 6.07) is 12.9. The molecule has 0 unspecified atom stereocenters. The van der Waals surface area contributed by atoms with E-state index in [4.69, 9.17) is 4.74 Å². The first-order valence-electron chi connectivity index (χ1n) is 8.76. The lowest BCUT2D eigenvalue weighted by molar-refractivity contribution is -0.142. The molecule has 0 bridgehead atoms. The van der Waals surface area contributed by atoms with Crippen LogP contribution >= 0.6 is 15.9 Å². The van der Waals surface area contributed by atoms with Gasteiger partial charge >= 0.3 is 0 Å². The van der Waals surface area contributed by atoms with Gasteiger partial charge in [0.1, 0.15) is 11.8 Å². The highest BCUT2D eigenvalue weighted by Gasteiger charge is 2.25. The van der Waals surface area contributed by atoms with Crippen molar-refractivity contribution in [3.05, 3.63) is 63.6 Å². The Morgan fingerprint density at radius 2 is 1.70 bits per heavy atom. The van der Waals surface area contributed by atoms with Crippen LogP contribution in [-0.2, 0) is 16.1 Å². The topological polar surface area (TPSA) is 58.6 Å². The SMILES string of the molecule is CNC(=O)[C@@H](C)N(Cc1ccc(Br)cc1)C(=O)COc1cc(C)cc(C)c1. The number of benzene rings is 2. The van der Waals surface area contributed by atoms with Gasteiger partial charge in [0.15, 0.2) is 6.61 Å². The van der Waals surface area contributed by atoms with Gasteiger partial charge in [0.25, 0.3) is 5.91 Å². The van der Waals surface area contributed by atoms with Crippen molar-refractivity contribution in [3.63, 3.8) is 0 Å². The Morgan fingerprint density at radius 3 is 2.26 bits per heavy atom. The monoisotopic (exact) mass is 432 g/mol. The van der Waals surface area contributed by atoms with Crippen LogP contribution in [-0.4, -0.2) is 36.4 Å². The van der Waals surface area contributed by atoms with Crippen molar-refractivity contribution >= 4 is 27.7 Å². The number of likely N-dealkylation sites (N-methyl/N-ethyl adjacent to an activating group) is 1. The molecule has 0 heterocycles. The van der Waals surface area contributed by atoms with Crippen LogP contribution in [0.5, 0.6) is 5.75 Å². The smallest absolute Gasteiger partial charge is 0.261 e. The van der Waals surface area contributed by atoms with Gasteiger partial charge in [-0.25, -0.2) is 0 Å². The third kappa shape index (κ3) is 6.10. The number of hydrogen-bond acceptors (Lipinski definition) is 3. The van der Waals surface area contributed by atoms with Crippen LogP contribution in [0.3, 0.4) is 0 Å². The molecular weight excluding hydrogens is 408 g/mol. The average molecular weight is 433 g/mol. The van der Waals surface area contributed by atoms with Crippen LogP contribution in [0.15, 0.2) is 46.9 Å². The van der Waals surface area contributed by atoms with Crippen LogP contribution in [0.2, 0.25) is 0 Å². The predicted octanol–water partition coefficient (Wildman–Crippen LogP) is 3.61. The van der Waals surface area contributed by atoms with E-state index in [0.717, 1.165) is 21.2 Å². The highest BCUT2D eigenvalue weighted by molar-refractivity contribution is 9.10. The molecule has 0 saturated heterocycles. The van der Waals surface area contributed by atoms with Crippen LogP contribution < -0.4 is 10.1 Å². The second-order valence-electron chi connectivity index (χ2n) is 6.55. The van der Waals surface area contributed by atoms with Gasteiger partial charge in [0, 0.05) is 18.1 Å². The van der Waals surface area contributed by atoms with Crippen molar-refractivity contribution in [2.45, 2.75) is 33.4 Å². The van der Waals surface area contributed by atoms with Crippen molar-refractivity contribution in [1.29, 1.82) is 0 Å². The van der Waals surface area contributed by atoms with Gasteiger partial charge in [-0.1, -0.05) is 34.1 Å². The molecule has 144 valence electrons. The molecular formula is C21H25BrN2O3. The van der Waals surface area contributed by atoms with Crippen LogP contribution in [0.25, 0.3) is 0 Å². The first-order chi connectivity index (χ1) is 12.8. The second kappa shape index (κ2) is 9.55. The minimum atomic E-state index is -0.603. The van der Waals surface area contributed by atoms with Crippen molar-refractivity contribution in [2.24, 2.45) is 0 Å². The van der Waals surface area contributed by atoms with Gasteiger partial charge in [-0.15, -0.1) is 0 Å². The number of nitrogens with one attached hydrogen (secondary N) is 1. The summed E-state index contributed by atoms with van der Waals surface area (Å²) in [4.78, 5) is 26.5. The molecule has 0 aliphatic carbocycles. The predicted molar refractivity (Wildman–Crippen MR) is 110 cm³/mol. The van der Waals surface area contributed by atoms with Gasteiger partial charge in [-0.3, -0.25) is 9.59 Å². The molecule has 0 spiro atoms. The molecule has 2 rings (SSSR count). The van der Waals surface area contributed by atoms with Crippen LogP contribution in [0, 0.1) is 13.8 Å². The number of rotatable bonds is 7. The van der Waals surface area contributed by atoms with Gasteiger partial charge in [0.05, 0.1) is 0 Å². The number of amides is 2. The van der Waals surface area contributed by atoms with E-state index >= 15 is 0 Å². The lowest BCUT2D eigenvalue weighted by Crippen LogP contribution is -2.48. The molecule has 6 heteroatoms. The van der Waals surface area contributed by atoms with E-state index in [9.17, 15) is 9.59 Å². The number of hydrogen-bond donors (Lipinski definition) is 1. The first kappa shape index (κ1) is 21.0. The second-order valence-corrected chi connectivity index (χ2v) is 7.47. The number of aryl methyl sites for hydroxylation is 2. The number of carbonyl (C=O) groups excluding carboxylic acids is 2. The largest absolute Gasteiger partial charge is 0.484 e. The summed E-state index contributed by atoms with van der Waals surface area (Å²) in [5, 5.41) is 2.60. The zero-order valence-corrected chi connectivity index (χ0v) is 17.7. The molecule has 2 aromatic rings. The summed E-state index contributed by atoms with van der Waals surface area (Å²) in [7, 11) is 1.56. The zero-order chi connectivity index (χ0) is 20.0. The lowest BCUT2D eigenvalue weighted by atomic mass is 10.1. The van der Waals surface area contributed by atoms with E-state index in [1.54, 1.807) is 14.0 Å². The van der Waals surface area contributed by atoms with Gasteiger partial charge in [0.2, 0.25) is 5.91 Å². The molecule has 0 aliphatic heterocycles. The fourth-order valence-corrected chi connectivity index (χ4v) is 3.09. The maximum Gasteiger partial charge on any atom is 0.261 e. The quantitative estimate of drug-likeness (QED) is 0.726. The van der Waals surface area contributed by atoms with E-state index in [0.29, 0.717) is 12.3 Å². The van der Waals surface area contributed by atoms with E-state index in [1.165, 1.54) is 4.90 Å². The van der Waals surface area contributed by atoms with Gasteiger partial charge < -0.3 is 15.0 Å². The van der Waals surface area contributed by atoms with E-state index in [-0.39, 0.29) is 18.4 Å². The number of ether oxygens (including phenoxy) is 1. The third-order valence-electron chi connectivity index (χ3n) is 4.24. The van der Waals surface area contributed by atoms with E-state index in [2.05, 4.69) is 21.2 Å². The summed E-state index contributed by atoms with van der Waals surface area (Å²) < 4.78 is 6.66. The molecule has 1 N–H and O–H groups in total. The molecule has 27 heavy (non-hydrogen) atoms. The Kier molecular flexibility index (Phi) is 7.42.